The number of rotatable bonds is 9. The Labute approximate surface area is 222 Å². The summed E-state index contributed by atoms with van der Waals surface area (Å²) in [7, 11) is 1.66. The molecule has 0 aliphatic heterocycles. The van der Waals surface area contributed by atoms with Gasteiger partial charge in [-0.1, -0.05) is 67.6 Å². The van der Waals surface area contributed by atoms with E-state index in [1.165, 1.54) is 5.56 Å². The summed E-state index contributed by atoms with van der Waals surface area (Å²) in [5.74, 6) is 2.62. The van der Waals surface area contributed by atoms with Gasteiger partial charge in [-0.2, -0.15) is 0 Å². The molecule has 0 fully saturated rings. The van der Waals surface area contributed by atoms with E-state index in [9.17, 15) is 4.79 Å². The summed E-state index contributed by atoms with van der Waals surface area (Å²) >= 11 is 1.59. The molecule has 0 saturated carbocycles. The molecule has 37 heavy (non-hydrogen) atoms. The Balaban J connectivity index is 1.53. The van der Waals surface area contributed by atoms with E-state index in [1.807, 2.05) is 66.1 Å². The fourth-order valence-corrected chi connectivity index (χ4v) is 4.78. The van der Waals surface area contributed by atoms with E-state index in [2.05, 4.69) is 59.8 Å². The summed E-state index contributed by atoms with van der Waals surface area (Å²) in [6.07, 6.45) is 0. The molecule has 1 unspecified atom stereocenters. The molecule has 3 aromatic carbocycles. The molecule has 0 saturated heterocycles. The average Bonchev–Trinajstić information content (AvgIpc) is 3.32. The summed E-state index contributed by atoms with van der Waals surface area (Å²) in [6.45, 7) is 8.25. The van der Waals surface area contributed by atoms with Crippen LogP contribution in [0.25, 0.3) is 5.69 Å². The number of ether oxygens (including phenoxy) is 1. The van der Waals surface area contributed by atoms with Gasteiger partial charge in [-0.05, 0) is 67.3 Å². The highest BCUT2D eigenvalue weighted by atomic mass is 32.2. The number of nitrogens with one attached hydrogen (secondary N) is 2. The van der Waals surface area contributed by atoms with Gasteiger partial charge in [0.2, 0.25) is 0 Å². The lowest BCUT2D eigenvalue weighted by Gasteiger charge is -2.17. The van der Waals surface area contributed by atoms with Gasteiger partial charge < -0.3 is 15.4 Å². The molecule has 7 nitrogen and oxygen atoms in total. The van der Waals surface area contributed by atoms with Gasteiger partial charge in [-0.15, -0.1) is 10.2 Å². The molecule has 0 radical (unpaired) electrons. The highest BCUT2D eigenvalue weighted by molar-refractivity contribution is 7.98. The zero-order valence-electron chi connectivity index (χ0n) is 21.9. The number of benzene rings is 3. The molecule has 0 aliphatic carbocycles. The van der Waals surface area contributed by atoms with Gasteiger partial charge in [0, 0.05) is 17.1 Å². The molecule has 4 aromatic rings. The van der Waals surface area contributed by atoms with Gasteiger partial charge in [0.05, 0.1) is 13.2 Å². The molecular weight excluding hydrogens is 482 g/mol. The van der Waals surface area contributed by atoms with Crippen molar-refractivity contribution in [2.75, 3.05) is 12.4 Å². The number of hydrogen-bond acceptors (Lipinski definition) is 5. The number of hydrogen-bond donors (Lipinski definition) is 2. The van der Waals surface area contributed by atoms with Crippen molar-refractivity contribution in [3.8, 4) is 11.4 Å². The standard InChI is InChI=1S/C29H33N5O2S/c1-19(2)23-11-13-24(14-12-23)31-28(35)30-21(4)27-32-33-29(34(27)25-15-9-20(3)10-16-25)37-18-22-7-6-8-26(17-22)36-5/h6-17,19,21H,18H2,1-5H3,(H2,30,31,35). The SMILES string of the molecule is COc1cccc(CSc2nnc(C(C)NC(=O)Nc3ccc(C(C)C)cc3)n2-c2ccc(C)cc2)c1. The van der Waals surface area contributed by atoms with E-state index in [4.69, 9.17) is 4.74 Å². The summed E-state index contributed by atoms with van der Waals surface area (Å²) in [6, 6.07) is 23.4. The van der Waals surface area contributed by atoms with Gasteiger partial charge in [-0.3, -0.25) is 4.57 Å². The van der Waals surface area contributed by atoms with Crippen molar-refractivity contribution >= 4 is 23.5 Å². The van der Waals surface area contributed by atoms with Crippen molar-refractivity contribution in [3.05, 3.63) is 95.3 Å². The molecule has 0 bridgehead atoms. The summed E-state index contributed by atoms with van der Waals surface area (Å²) in [5.41, 5.74) is 5.20. The van der Waals surface area contributed by atoms with Crippen LogP contribution in [0, 0.1) is 6.92 Å². The molecule has 1 heterocycles. The predicted octanol–water partition coefficient (Wildman–Crippen LogP) is 6.88. The van der Waals surface area contributed by atoms with Crippen LogP contribution in [-0.4, -0.2) is 27.9 Å². The molecule has 0 aliphatic rings. The molecule has 8 heteroatoms. The number of amides is 2. The Morgan fingerprint density at radius 3 is 2.41 bits per heavy atom. The van der Waals surface area contributed by atoms with Crippen molar-refractivity contribution in [1.29, 1.82) is 0 Å². The van der Waals surface area contributed by atoms with Gasteiger partial charge in [0.1, 0.15) is 5.75 Å². The van der Waals surface area contributed by atoms with E-state index >= 15 is 0 Å². The van der Waals surface area contributed by atoms with Crippen LogP contribution in [0.3, 0.4) is 0 Å². The number of urea groups is 1. The second-order valence-electron chi connectivity index (χ2n) is 9.25. The number of carbonyl (C=O) groups excluding carboxylic acids is 1. The number of aromatic nitrogens is 3. The van der Waals surface area contributed by atoms with Crippen LogP contribution in [0.4, 0.5) is 10.5 Å². The molecule has 0 spiro atoms. The highest BCUT2D eigenvalue weighted by Crippen LogP contribution is 2.29. The van der Waals surface area contributed by atoms with Crippen molar-refractivity contribution in [1.82, 2.24) is 20.1 Å². The second-order valence-corrected chi connectivity index (χ2v) is 10.2. The first-order valence-electron chi connectivity index (χ1n) is 12.3. The van der Waals surface area contributed by atoms with Crippen LogP contribution in [0.2, 0.25) is 0 Å². The third-order valence-corrected chi connectivity index (χ3v) is 7.02. The van der Waals surface area contributed by atoms with Gasteiger partial charge in [0.25, 0.3) is 0 Å². The summed E-state index contributed by atoms with van der Waals surface area (Å²) in [4.78, 5) is 12.8. The molecule has 4 rings (SSSR count). The number of carbonyl (C=O) groups is 1. The summed E-state index contributed by atoms with van der Waals surface area (Å²) in [5, 5.41) is 15.6. The lowest BCUT2D eigenvalue weighted by atomic mass is 10.0. The normalized spacial score (nSPS) is 11.8. The zero-order valence-corrected chi connectivity index (χ0v) is 22.7. The third kappa shape index (κ3) is 6.71. The van der Waals surface area contributed by atoms with Crippen LogP contribution in [0.5, 0.6) is 5.75 Å². The van der Waals surface area contributed by atoms with Crippen molar-refractivity contribution in [2.24, 2.45) is 0 Å². The van der Waals surface area contributed by atoms with Gasteiger partial charge >= 0.3 is 6.03 Å². The molecule has 2 N–H and O–H groups in total. The Morgan fingerprint density at radius 2 is 1.73 bits per heavy atom. The maximum absolute atomic E-state index is 12.8. The van der Waals surface area contributed by atoms with Crippen molar-refractivity contribution in [3.63, 3.8) is 0 Å². The van der Waals surface area contributed by atoms with Crippen molar-refractivity contribution < 1.29 is 9.53 Å². The van der Waals surface area contributed by atoms with E-state index in [0.717, 1.165) is 33.4 Å². The fraction of sp³-hybridized carbons (Fsp3) is 0.276. The zero-order chi connectivity index (χ0) is 26.4. The Morgan fingerprint density at radius 1 is 1.00 bits per heavy atom. The van der Waals surface area contributed by atoms with Crippen LogP contribution in [0.15, 0.2) is 78.0 Å². The number of aryl methyl sites for hydroxylation is 1. The number of nitrogens with zero attached hydrogens (tertiary/aromatic N) is 3. The first-order chi connectivity index (χ1) is 17.8. The quantitative estimate of drug-likeness (QED) is 0.237. The van der Waals surface area contributed by atoms with E-state index in [0.29, 0.717) is 17.5 Å². The van der Waals surface area contributed by atoms with E-state index < -0.39 is 0 Å². The second kappa shape index (κ2) is 12.0. The minimum atomic E-state index is -0.380. The number of anilines is 1. The molecule has 1 aromatic heterocycles. The molecule has 192 valence electrons. The summed E-state index contributed by atoms with van der Waals surface area (Å²) < 4.78 is 7.36. The predicted molar refractivity (Wildman–Crippen MR) is 150 cm³/mol. The minimum absolute atomic E-state index is 0.297. The highest BCUT2D eigenvalue weighted by Gasteiger charge is 2.21. The Hall–Kier alpha value is -3.78. The molecule has 1 atom stereocenters. The van der Waals surface area contributed by atoms with E-state index in [1.54, 1.807) is 18.9 Å². The lowest BCUT2D eigenvalue weighted by molar-refractivity contribution is 0.249. The van der Waals surface area contributed by atoms with Crippen LogP contribution in [-0.2, 0) is 5.75 Å². The largest absolute Gasteiger partial charge is 0.497 e. The maximum atomic E-state index is 12.8. The number of thioether (sulfide) groups is 1. The molecule has 2 amide bonds. The van der Waals surface area contributed by atoms with Crippen LogP contribution < -0.4 is 15.4 Å². The number of methoxy groups -OCH3 is 1. The van der Waals surface area contributed by atoms with Gasteiger partial charge in [0.15, 0.2) is 11.0 Å². The Kier molecular flexibility index (Phi) is 8.50. The lowest BCUT2D eigenvalue weighted by Crippen LogP contribution is -2.32. The maximum Gasteiger partial charge on any atom is 0.319 e. The average molecular weight is 516 g/mol. The minimum Gasteiger partial charge on any atom is -0.497 e. The van der Waals surface area contributed by atoms with Gasteiger partial charge in [-0.25, -0.2) is 4.79 Å². The van der Waals surface area contributed by atoms with Crippen LogP contribution >= 0.6 is 11.8 Å². The van der Waals surface area contributed by atoms with Crippen LogP contribution in [0.1, 0.15) is 55.2 Å². The first kappa shape index (κ1) is 26.3. The first-order valence-corrected chi connectivity index (χ1v) is 13.3. The fourth-order valence-electron chi connectivity index (χ4n) is 3.88. The van der Waals surface area contributed by atoms with Crippen molar-refractivity contribution in [2.45, 2.75) is 50.6 Å². The smallest absolute Gasteiger partial charge is 0.319 e. The Bertz CT molecular complexity index is 1330. The van der Waals surface area contributed by atoms with E-state index in [-0.39, 0.29) is 12.1 Å². The monoisotopic (exact) mass is 515 g/mol. The topological polar surface area (TPSA) is 81.1 Å². The molecular formula is C29H33N5O2S. The third-order valence-electron chi connectivity index (χ3n) is 6.02.